The molecule has 2 N–H and O–H groups in total. The smallest absolute Gasteiger partial charge is 0.255 e. The van der Waals surface area contributed by atoms with Crippen molar-refractivity contribution in [2.45, 2.75) is 26.7 Å². The Morgan fingerprint density at radius 1 is 1.00 bits per heavy atom. The highest BCUT2D eigenvalue weighted by Crippen LogP contribution is 2.35. The van der Waals surface area contributed by atoms with Crippen molar-refractivity contribution < 1.29 is 9.53 Å². The van der Waals surface area contributed by atoms with Crippen LogP contribution in [0.4, 0.5) is 17.3 Å². The standard InChI is InChI=1S/C32H37N7O2/c1-21(2)23-7-6-8-25(17-23)36-30(40)24-10-9-22(3)29(18-24)41-31-27(28-11-12-34-32(33-4)37-28)19-26(20-35-31)39-15-13-38(5)14-16-39/h6-12,17-21H,13-16H2,1-5H3,(H,36,40)(H,33,34,37). The molecule has 5 rings (SSSR count). The number of carbonyl (C=O) groups excluding carboxylic acids is 1. The fourth-order valence-corrected chi connectivity index (χ4v) is 4.71. The van der Waals surface area contributed by atoms with Crippen LogP contribution in [0.25, 0.3) is 11.3 Å². The zero-order valence-electron chi connectivity index (χ0n) is 24.3. The predicted octanol–water partition coefficient (Wildman–Crippen LogP) is 5.81. The Hall–Kier alpha value is -4.50. The highest BCUT2D eigenvalue weighted by atomic mass is 16.5. The van der Waals surface area contributed by atoms with Crippen molar-refractivity contribution in [3.05, 3.63) is 83.7 Å². The van der Waals surface area contributed by atoms with Gasteiger partial charge in [0.1, 0.15) is 5.75 Å². The number of pyridine rings is 1. The van der Waals surface area contributed by atoms with Crippen LogP contribution >= 0.6 is 0 Å². The maximum absolute atomic E-state index is 13.2. The van der Waals surface area contributed by atoms with Crippen LogP contribution in [0, 0.1) is 6.92 Å². The predicted molar refractivity (Wildman–Crippen MR) is 164 cm³/mol. The molecule has 1 aliphatic rings. The molecule has 3 heterocycles. The second kappa shape index (κ2) is 12.3. The Balaban J connectivity index is 1.45. The summed E-state index contributed by atoms with van der Waals surface area (Å²) in [4.78, 5) is 31.5. The van der Waals surface area contributed by atoms with Gasteiger partial charge in [-0.15, -0.1) is 0 Å². The molecule has 212 valence electrons. The quantitative estimate of drug-likeness (QED) is 0.283. The SMILES string of the molecule is CNc1nccc(-c2cc(N3CCN(C)CC3)cnc2Oc2cc(C(=O)Nc3cccc(C(C)C)c3)ccc2C)n1. The van der Waals surface area contributed by atoms with E-state index in [9.17, 15) is 4.79 Å². The third-order valence-electron chi connectivity index (χ3n) is 7.33. The van der Waals surface area contributed by atoms with Crippen LogP contribution in [0.2, 0.25) is 0 Å². The Bertz CT molecular complexity index is 1530. The first-order valence-electron chi connectivity index (χ1n) is 13.9. The van der Waals surface area contributed by atoms with E-state index >= 15 is 0 Å². The van der Waals surface area contributed by atoms with Gasteiger partial charge < -0.3 is 25.2 Å². The molecule has 0 atom stereocenters. The van der Waals surface area contributed by atoms with Crippen molar-refractivity contribution in [1.82, 2.24) is 19.9 Å². The minimum atomic E-state index is -0.205. The maximum atomic E-state index is 13.2. The molecular weight excluding hydrogens is 514 g/mol. The van der Waals surface area contributed by atoms with Crippen molar-refractivity contribution in [2.75, 3.05) is 55.8 Å². The van der Waals surface area contributed by atoms with Crippen LogP contribution < -0.4 is 20.3 Å². The van der Waals surface area contributed by atoms with Gasteiger partial charge in [-0.2, -0.15) is 0 Å². The number of hydrogen-bond acceptors (Lipinski definition) is 8. The van der Waals surface area contributed by atoms with E-state index in [-0.39, 0.29) is 5.91 Å². The van der Waals surface area contributed by atoms with Crippen molar-refractivity contribution in [2.24, 2.45) is 0 Å². The van der Waals surface area contributed by atoms with E-state index in [1.807, 2.05) is 43.5 Å². The fraction of sp³-hybridized carbons (Fsp3) is 0.312. The maximum Gasteiger partial charge on any atom is 0.255 e. The highest BCUT2D eigenvalue weighted by Gasteiger charge is 2.20. The van der Waals surface area contributed by atoms with E-state index in [0.29, 0.717) is 34.8 Å². The molecule has 0 radical (unpaired) electrons. The molecule has 0 bridgehead atoms. The van der Waals surface area contributed by atoms with E-state index < -0.39 is 0 Å². The molecule has 9 nitrogen and oxygen atoms in total. The second-order valence-corrected chi connectivity index (χ2v) is 10.7. The molecule has 1 amide bonds. The van der Waals surface area contributed by atoms with Gasteiger partial charge in [0.25, 0.3) is 5.91 Å². The lowest BCUT2D eigenvalue weighted by atomic mass is 10.0. The number of nitrogens with zero attached hydrogens (tertiary/aromatic N) is 5. The molecule has 2 aromatic carbocycles. The number of rotatable bonds is 8. The molecule has 0 unspecified atom stereocenters. The molecule has 4 aromatic rings. The van der Waals surface area contributed by atoms with Crippen LogP contribution in [0.1, 0.15) is 41.3 Å². The summed E-state index contributed by atoms with van der Waals surface area (Å²) < 4.78 is 6.42. The summed E-state index contributed by atoms with van der Waals surface area (Å²) in [5.74, 6) is 1.64. The molecule has 1 fully saturated rings. The van der Waals surface area contributed by atoms with Crippen molar-refractivity contribution in [3.8, 4) is 22.9 Å². The Morgan fingerprint density at radius 2 is 1.80 bits per heavy atom. The van der Waals surface area contributed by atoms with Crippen LogP contribution in [-0.4, -0.2) is 66.0 Å². The van der Waals surface area contributed by atoms with Gasteiger partial charge in [-0.25, -0.2) is 15.0 Å². The van der Waals surface area contributed by atoms with Gasteiger partial charge in [-0.3, -0.25) is 4.79 Å². The first-order valence-corrected chi connectivity index (χ1v) is 13.9. The lowest BCUT2D eigenvalue weighted by molar-refractivity contribution is 0.102. The fourth-order valence-electron chi connectivity index (χ4n) is 4.71. The van der Waals surface area contributed by atoms with Crippen molar-refractivity contribution in [1.29, 1.82) is 0 Å². The van der Waals surface area contributed by atoms with E-state index in [2.05, 4.69) is 63.4 Å². The van der Waals surface area contributed by atoms with Crippen LogP contribution in [0.3, 0.4) is 0 Å². The van der Waals surface area contributed by atoms with E-state index in [4.69, 9.17) is 9.72 Å². The summed E-state index contributed by atoms with van der Waals surface area (Å²) in [5.41, 5.74) is 5.77. The Labute approximate surface area is 241 Å². The van der Waals surface area contributed by atoms with Gasteiger partial charge in [0.15, 0.2) is 0 Å². The minimum Gasteiger partial charge on any atom is -0.438 e. The van der Waals surface area contributed by atoms with Gasteiger partial charge in [0, 0.05) is 50.7 Å². The Kier molecular flexibility index (Phi) is 8.45. The van der Waals surface area contributed by atoms with Gasteiger partial charge in [-0.05, 0) is 67.4 Å². The number of ether oxygens (including phenoxy) is 1. The number of anilines is 3. The first kappa shape index (κ1) is 28.0. The molecular formula is C32H37N7O2. The van der Waals surface area contributed by atoms with E-state index in [1.54, 1.807) is 25.4 Å². The summed E-state index contributed by atoms with van der Waals surface area (Å²) >= 11 is 0. The topological polar surface area (TPSA) is 95.5 Å². The summed E-state index contributed by atoms with van der Waals surface area (Å²) in [6.07, 6.45) is 3.56. The summed E-state index contributed by atoms with van der Waals surface area (Å²) in [5, 5.41) is 6.02. The number of likely N-dealkylation sites (N-methyl/N-ethyl adjacent to an activating group) is 1. The number of carbonyl (C=O) groups is 1. The number of hydrogen-bond donors (Lipinski definition) is 2. The number of amides is 1. The molecule has 1 saturated heterocycles. The molecule has 0 aliphatic carbocycles. The average Bonchev–Trinajstić information content (AvgIpc) is 2.99. The van der Waals surface area contributed by atoms with Gasteiger partial charge in [-0.1, -0.05) is 32.0 Å². The number of aryl methyl sites for hydroxylation is 1. The highest BCUT2D eigenvalue weighted by molar-refractivity contribution is 6.04. The average molecular weight is 552 g/mol. The number of aromatic nitrogens is 3. The van der Waals surface area contributed by atoms with Crippen LogP contribution in [0.15, 0.2) is 67.0 Å². The molecule has 2 aromatic heterocycles. The Morgan fingerprint density at radius 3 is 2.56 bits per heavy atom. The number of piperazine rings is 1. The monoisotopic (exact) mass is 551 g/mol. The number of nitrogens with one attached hydrogen (secondary N) is 2. The second-order valence-electron chi connectivity index (χ2n) is 10.7. The van der Waals surface area contributed by atoms with E-state index in [1.165, 1.54) is 5.56 Å². The number of benzene rings is 2. The molecule has 1 aliphatic heterocycles. The third-order valence-corrected chi connectivity index (χ3v) is 7.33. The lowest BCUT2D eigenvalue weighted by Crippen LogP contribution is -2.44. The van der Waals surface area contributed by atoms with Crippen molar-refractivity contribution >= 4 is 23.2 Å². The van der Waals surface area contributed by atoms with Gasteiger partial charge >= 0.3 is 0 Å². The molecule has 0 spiro atoms. The van der Waals surface area contributed by atoms with Gasteiger partial charge in [0.2, 0.25) is 11.8 Å². The summed E-state index contributed by atoms with van der Waals surface area (Å²) in [6, 6.07) is 17.3. The zero-order chi connectivity index (χ0) is 28.9. The van der Waals surface area contributed by atoms with Crippen LogP contribution in [-0.2, 0) is 0 Å². The minimum absolute atomic E-state index is 0.205. The molecule has 41 heavy (non-hydrogen) atoms. The normalized spacial score (nSPS) is 13.8. The van der Waals surface area contributed by atoms with Crippen molar-refractivity contribution in [3.63, 3.8) is 0 Å². The largest absolute Gasteiger partial charge is 0.438 e. The first-order chi connectivity index (χ1) is 19.8. The lowest BCUT2D eigenvalue weighted by Gasteiger charge is -2.34. The van der Waals surface area contributed by atoms with Gasteiger partial charge in [0.05, 0.1) is 23.1 Å². The molecule has 0 saturated carbocycles. The summed E-state index contributed by atoms with van der Waals surface area (Å²) in [6.45, 7) is 10.0. The molecule has 9 heteroatoms. The zero-order valence-corrected chi connectivity index (χ0v) is 24.3. The summed E-state index contributed by atoms with van der Waals surface area (Å²) in [7, 11) is 3.92. The van der Waals surface area contributed by atoms with Crippen LogP contribution in [0.5, 0.6) is 11.6 Å². The van der Waals surface area contributed by atoms with E-state index in [0.717, 1.165) is 48.7 Å². The third kappa shape index (κ3) is 6.63.